The molecule has 2 saturated carbocycles. The van der Waals surface area contributed by atoms with Gasteiger partial charge in [-0.25, -0.2) is 0 Å². The van der Waals surface area contributed by atoms with Gasteiger partial charge in [0.2, 0.25) is 11.8 Å². The Morgan fingerprint density at radius 3 is 1.67 bits per heavy atom. The van der Waals surface area contributed by atoms with E-state index in [4.69, 9.17) is 9.05 Å². The van der Waals surface area contributed by atoms with Gasteiger partial charge in [0.15, 0.2) is 20.3 Å². The third-order valence-corrected chi connectivity index (χ3v) is 7.71. The van der Waals surface area contributed by atoms with Crippen LogP contribution in [0.1, 0.15) is 85.3 Å². The van der Waals surface area contributed by atoms with Gasteiger partial charge in [-0.2, -0.15) is 9.97 Å². The molecule has 3 aromatic heterocycles. The highest BCUT2D eigenvalue weighted by atomic mass is 32.2. The van der Waals surface area contributed by atoms with Gasteiger partial charge in [0, 0.05) is 11.8 Å². The van der Waals surface area contributed by atoms with Crippen LogP contribution in [-0.4, -0.2) is 30.5 Å². The zero-order chi connectivity index (χ0) is 18.4. The molecule has 0 bridgehead atoms. The highest BCUT2D eigenvalue weighted by molar-refractivity contribution is 8.03. The molecule has 3 aromatic rings. The summed E-state index contributed by atoms with van der Waals surface area (Å²) in [5, 5.41) is 16.8. The quantitative estimate of drug-likeness (QED) is 0.472. The Kier molecular flexibility index (Phi) is 4.68. The molecular weight excluding hydrogens is 404 g/mol. The minimum atomic E-state index is 0.0465. The predicted molar refractivity (Wildman–Crippen MR) is 101 cm³/mol. The van der Waals surface area contributed by atoms with Crippen LogP contribution in [-0.2, 0) is 0 Å². The smallest absolute Gasteiger partial charge is 0.239 e. The lowest BCUT2D eigenvalue weighted by atomic mass is 10.4. The fraction of sp³-hybridized carbons (Fsp3) is 0.625. The van der Waals surface area contributed by atoms with Crippen LogP contribution in [0.25, 0.3) is 0 Å². The van der Waals surface area contributed by atoms with E-state index >= 15 is 0 Å². The van der Waals surface area contributed by atoms with E-state index in [1.165, 1.54) is 0 Å². The normalized spacial score (nSPS) is 19.3. The first-order valence-electron chi connectivity index (χ1n) is 8.99. The van der Waals surface area contributed by atoms with Crippen LogP contribution >= 0.6 is 34.9 Å². The van der Waals surface area contributed by atoms with Gasteiger partial charge in [-0.3, -0.25) is 0 Å². The second-order valence-corrected chi connectivity index (χ2v) is 11.0. The molecule has 27 heavy (non-hydrogen) atoms. The maximum absolute atomic E-state index is 5.40. The van der Waals surface area contributed by atoms with Gasteiger partial charge >= 0.3 is 0 Å². The monoisotopic (exact) mass is 422 g/mol. The van der Waals surface area contributed by atoms with Crippen molar-refractivity contribution < 1.29 is 9.05 Å². The highest BCUT2D eigenvalue weighted by Gasteiger charge is 2.31. The van der Waals surface area contributed by atoms with Crippen molar-refractivity contribution in [3.8, 4) is 0 Å². The molecule has 0 saturated heterocycles. The Morgan fingerprint density at radius 1 is 0.815 bits per heavy atom. The van der Waals surface area contributed by atoms with E-state index in [9.17, 15) is 0 Å². The van der Waals surface area contributed by atoms with Crippen molar-refractivity contribution in [2.45, 2.75) is 70.5 Å². The maximum Gasteiger partial charge on any atom is 0.239 e. The minimum Gasteiger partial charge on any atom is -0.338 e. The molecule has 2 aliphatic carbocycles. The van der Waals surface area contributed by atoms with Crippen LogP contribution in [0, 0.1) is 0 Å². The summed E-state index contributed by atoms with van der Waals surface area (Å²) in [5.41, 5.74) is 0. The molecule has 0 amide bonds. The van der Waals surface area contributed by atoms with Crippen molar-refractivity contribution >= 4 is 34.9 Å². The van der Waals surface area contributed by atoms with E-state index in [0.717, 1.165) is 46.0 Å². The molecule has 0 aliphatic heterocycles. The zero-order valence-corrected chi connectivity index (χ0v) is 17.3. The summed E-state index contributed by atoms with van der Waals surface area (Å²) in [5.74, 6) is 3.97. The second-order valence-electron chi connectivity index (χ2n) is 6.88. The van der Waals surface area contributed by atoms with Crippen LogP contribution in [0.15, 0.2) is 17.7 Å². The summed E-state index contributed by atoms with van der Waals surface area (Å²) in [6, 6.07) is 0. The van der Waals surface area contributed by atoms with Crippen molar-refractivity contribution in [1.82, 2.24) is 30.5 Å². The average molecular weight is 423 g/mol. The molecule has 0 N–H and O–H groups in total. The standard InChI is InChI=1S/C16H18N6O2S3/c1-7(13-17-11(21-23-13)9-3-4-9)25-15-19-20-16(27-15)26-8(2)14-18-12(22-24-14)10-5-6-10/h7-10H,3-6H2,1-2H3. The average Bonchev–Trinajstić information content (AvgIpc) is 3.54. The number of nitrogens with zero attached hydrogens (tertiary/aromatic N) is 6. The van der Waals surface area contributed by atoms with Gasteiger partial charge in [0.25, 0.3) is 0 Å². The van der Waals surface area contributed by atoms with Gasteiger partial charge in [-0.1, -0.05) is 45.2 Å². The van der Waals surface area contributed by atoms with Crippen LogP contribution in [0.3, 0.4) is 0 Å². The third kappa shape index (κ3) is 4.04. The molecule has 11 heteroatoms. The van der Waals surface area contributed by atoms with Crippen molar-refractivity contribution in [3.05, 3.63) is 23.4 Å². The van der Waals surface area contributed by atoms with Crippen molar-refractivity contribution in [3.63, 3.8) is 0 Å². The number of aromatic nitrogens is 6. The van der Waals surface area contributed by atoms with Crippen molar-refractivity contribution in [2.24, 2.45) is 0 Å². The van der Waals surface area contributed by atoms with E-state index in [0.29, 0.717) is 23.6 Å². The lowest BCUT2D eigenvalue weighted by molar-refractivity contribution is 0.374. The SMILES string of the molecule is CC(Sc1nnc(SC(C)c2nc(C3CC3)no2)s1)c1nc(C2CC2)no1. The maximum atomic E-state index is 5.40. The first kappa shape index (κ1) is 17.6. The Hall–Kier alpha value is -1.46. The van der Waals surface area contributed by atoms with E-state index in [1.807, 2.05) is 13.8 Å². The van der Waals surface area contributed by atoms with Crippen molar-refractivity contribution in [2.75, 3.05) is 0 Å². The van der Waals surface area contributed by atoms with Crippen LogP contribution < -0.4 is 0 Å². The lowest BCUT2D eigenvalue weighted by Crippen LogP contribution is -1.89. The molecule has 2 aliphatic rings. The van der Waals surface area contributed by atoms with Crippen LogP contribution in [0.2, 0.25) is 0 Å². The summed E-state index contributed by atoms with van der Waals surface area (Å²) in [4.78, 5) is 9.02. The Bertz CT molecular complexity index is 859. The third-order valence-electron chi connectivity index (χ3n) is 4.44. The van der Waals surface area contributed by atoms with E-state index in [-0.39, 0.29) is 10.5 Å². The molecule has 2 unspecified atom stereocenters. The summed E-state index contributed by atoms with van der Waals surface area (Å²) in [6.07, 6.45) is 4.66. The molecule has 142 valence electrons. The summed E-state index contributed by atoms with van der Waals surface area (Å²) in [7, 11) is 0. The van der Waals surface area contributed by atoms with Crippen molar-refractivity contribution in [1.29, 1.82) is 0 Å². The largest absolute Gasteiger partial charge is 0.338 e. The topological polar surface area (TPSA) is 104 Å². The fourth-order valence-electron chi connectivity index (χ4n) is 2.54. The van der Waals surface area contributed by atoms with Crippen LogP contribution in [0.5, 0.6) is 0 Å². The first-order chi connectivity index (χ1) is 13.2. The van der Waals surface area contributed by atoms with E-state index in [1.54, 1.807) is 34.9 Å². The molecule has 3 heterocycles. The van der Waals surface area contributed by atoms with Gasteiger partial charge < -0.3 is 9.05 Å². The Balaban J connectivity index is 1.19. The minimum absolute atomic E-state index is 0.0465. The predicted octanol–water partition coefficient (Wildman–Crippen LogP) is 4.77. The molecule has 2 fully saturated rings. The highest BCUT2D eigenvalue weighted by Crippen LogP contribution is 2.43. The van der Waals surface area contributed by atoms with Gasteiger partial charge in [-0.15, -0.1) is 10.2 Å². The summed E-state index contributed by atoms with van der Waals surface area (Å²) >= 11 is 4.73. The number of rotatable bonds is 8. The number of hydrogen-bond acceptors (Lipinski definition) is 11. The molecular formula is C16H18N6O2S3. The number of hydrogen-bond donors (Lipinski definition) is 0. The molecule has 2 atom stereocenters. The molecule has 0 radical (unpaired) electrons. The van der Waals surface area contributed by atoms with E-state index in [2.05, 4.69) is 30.5 Å². The molecule has 0 aromatic carbocycles. The van der Waals surface area contributed by atoms with E-state index < -0.39 is 0 Å². The van der Waals surface area contributed by atoms with Crippen LogP contribution in [0.4, 0.5) is 0 Å². The summed E-state index contributed by atoms with van der Waals surface area (Å²) in [6.45, 7) is 4.09. The fourth-order valence-corrected chi connectivity index (χ4v) is 5.90. The van der Waals surface area contributed by atoms with Gasteiger partial charge in [0.1, 0.15) is 0 Å². The number of thioether (sulfide) groups is 2. The second kappa shape index (κ2) is 7.17. The van der Waals surface area contributed by atoms with Gasteiger partial charge in [-0.05, 0) is 39.5 Å². The lowest BCUT2D eigenvalue weighted by Gasteiger charge is -2.02. The summed E-state index contributed by atoms with van der Waals surface area (Å²) < 4.78 is 12.6. The zero-order valence-electron chi connectivity index (χ0n) is 14.9. The molecule has 0 spiro atoms. The van der Waals surface area contributed by atoms with Gasteiger partial charge in [0.05, 0.1) is 10.5 Å². The molecule has 5 rings (SSSR count). The first-order valence-corrected chi connectivity index (χ1v) is 11.6. The Morgan fingerprint density at radius 2 is 1.26 bits per heavy atom. The molecule has 8 nitrogen and oxygen atoms in total. The Labute approximate surface area is 168 Å².